The zero-order valence-corrected chi connectivity index (χ0v) is 29.4. The fraction of sp³-hybridized carbons (Fsp3) is 0.474. The summed E-state index contributed by atoms with van der Waals surface area (Å²) in [7, 11) is 0. The van der Waals surface area contributed by atoms with Crippen LogP contribution in [-0.4, -0.2) is 0 Å². The molecular formula is C38H55Mo. The molecule has 0 aromatic heterocycles. The molecule has 0 saturated carbocycles. The van der Waals surface area contributed by atoms with Gasteiger partial charge in [0.1, 0.15) is 0 Å². The zero-order valence-electron chi connectivity index (χ0n) is 27.4. The van der Waals surface area contributed by atoms with Gasteiger partial charge in [-0.15, -0.1) is 35.4 Å². The van der Waals surface area contributed by atoms with E-state index in [-0.39, 0.29) is 35.9 Å². The van der Waals surface area contributed by atoms with Gasteiger partial charge >= 0.3 is 21.1 Å². The van der Waals surface area contributed by atoms with Gasteiger partial charge in [0.2, 0.25) is 0 Å². The Bertz CT molecular complexity index is 1040. The van der Waals surface area contributed by atoms with Crippen molar-refractivity contribution in [2.45, 2.75) is 119 Å². The Morgan fingerprint density at radius 1 is 0.436 bits per heavy atom. The van der Waals surface area contributed by atoms with Crippen LogP contribution < -0.4 is 0 Å². The van der Waals surface area contributed by atoms with E-state index < -0.39 is 0 Å². The summed E-state index contributed by atoms with van der Waals surface area (Å²) in [6.07, 6.45) is 0. The van der Waals surface area contributed by atoms with Gasteiger partial charge in [0, 0.05) is 0 Å². The van der Waals surface area contributed by atoms with Crippen molar-refractivity contribution in [1.29, 1.82) is 0 Å². The van der Waals surface area contributed by atoms with Crippen LogP contribution in [0.15, 0.2) is 42.5 Å². The van der Waals surface area contributed by atoms with E-state index >= 15 is 0 Å². The summed E-state index contributed by atoms with van der Waals surface area (Å²) in [5.74, 6) is 2.86. The molecule has 213 valence electrons. The zero-order chi connectivity index (χ0) is 26.9. The summed E-state index contributed by atoms with van der Waals surface area (Å²) in [6, 6.07) is 20.6. The van der Waals surface area contributed by atoms with Gasteiger partial charge in [-0.2, -0.15) is 0 Å². The third kappa shape index (κ3) is 8.19. The first kappa shape index (κ1) is 37.3. The predicted molar refractivity (Wildman–Crippen MR) is 174 cm³/mol. The fourth-order valence-corrected chi connectivity index (χ4v) is 5.29. The molecule has 1 heteroatoms. The van der Waals surface area contributed by atoms with Gasteiger partial charge in [0.15, 0.2) is 0 Å². The summed E-state index contributed by atoms with van der Waals surface area (Å²) < 4.78 is 0. The molecule has 1 radical (unpaired) electrons. The average Bonchev–Trinajstić information content (AvgIpc) is 2.81. The number of hydrogen-bond donors (Lipinski definition) is 0. The van der Waals surface area contributed by atoms with Crippen LogP contribution in [0.2, 0.25) is 0 Å². The second-order valence-electron chi connectivity index (χ2n) is 12.6. The van der Waals surface area contributed by atoms with Crippen LogP contribution in [0.3, 0.4) is 0 Å². The molecule has 3 aromatic rings. The Kier molecular flexibility index (Phi) is 14.7. The number of rotatable bonds is 8. The normalized spacial score (nSPS) is 11.3. The van der Waals surface area contributed by atoms with E-state index in [4.69, 9.17) is 0 Å². The minimum Gasteiger partial charge on any atom is -0.358 e. The van der Waals surface area contributed by atoms with Crippen LogP contribution in [0.1, 0.15) is 152 Å². The molecule has 0 aliphatic heterocycles. The largest absolute Gasteiger partial charge is 3.00 e. The molecule has 0 spiro atoms. The maximum atomic E-state index is 3.96. The van der Waals surface area contributed by atoms with E-state index in [1.807, 2.05) is 0 Å². The van der Waals surface area contributed by atoms with E-state index in [1.54, 1.807) is 0 Å². The van der Waals surface area contributed by atoms with Crippen LogP contribution in [0.25, 0.3) is 22.3 Å². The maximum absolute atomic E-state index is 3.96. The SMILES string of the molecule is CC(C)c1cc(C(C)C)c(-c2[c-]c(-c3c(C(C)C)cc(C(C)C)cc3C(C)C)ccc2)c(C(C)C)c1.[CH3-].[CH3-].[Mo+3]. The predicted octanol–water partition coefficient (Wildman–Crippen LogP) is 12.5. The van der Waals surface area contributed by atoms with Crippen LogP contribution in [0.4, 0.5) is 0 Å². The third-order valence-electron chi connectivity index (χ3n) is 7.60. The molecule has 0 amide bonds. The number of hydrogen-bond acceptors (Lipinski definition) is 0. The van der Waals surface area contributed by atoms with Crippen molar-refractivity contribution in [3.05, 3.63) is 96.8 Å². The Labute approximate surface area is 257 Å². The minimum atomic E-state index is 0. The van der Waals surface area contributed by atoms with E-state index in [1.165, 1.54) is 55.6 Å². The molecule has 0 atom stereocenters. The standard InChI is InChI=1S/C36H49.2CH3.Mo/c1-21(2)29-17-31(23(5)6)35(32(18-29)24(7)8)27-14-13-15-28(16-27)36-33(25(9)10)19-30(22(3)4)20-34(36)26(11)12;;;/h13-15,17-26H,1-12H3;2*1H3;/q3*-1;+3. The van der Waals surface area contributed by atoms with Gasteiger partial charge in [-0.1, -0.05) is 141 Å². The molecule has 0 N–H and O–H groups in total. The molecule has 3 aromatic carbocycles. The summed E-state index contributed by atoms with van der Waals surface area (Å²) >= 11 is 0. The van der Waals surface area contributed by atoms with E-state index in [2.05, 4.69) is 132 Å². The third-order valence-corrected chi connectivity index (χ3v) is 7.60. The summed E-state index contributed by atoms with van der Waals surface area (Å²) in [5, 5.41) is 0. The fourth-order valence-electron chi connectivity index (χ4n) is 5.29. The van der Waals surface area contributed by atoms with Gasteiger partial charge in [0.05, 0.1) is 0 Å². The second-order valence-corrected chi connectivity index (χ2v) is 12.6. The Morgan fingerprint density at radius 3 is 0.897 bits per heavy atom. The van der Waals surface area contributed by atoms with Crippen molar-refractivity contribution in [2.24, 2.45) is 0 Å². The summed E-state index contributed by atoms with van der Waals surface area (Å²) in [4.78, 5) is 0. The monoisotopic (exact) mass is 609 g/mol. The van der Waals surface area contributed by atoms with Gasteiger partial charge in [-0.05, 0) is 46.6 Å². The van der Waals surface area contributed by atoms with E-state index in [0.717, 1.165) is 0 Å². The first-order valence-electron chi connectivity index (χ1n) is 14.2. The van der Waals surface area contributed by atoms with Crippen LogP contribution in [-0.2, 0) is 21.1 Å². The van der Waals surface area contributed by atoms with Crippen molar-refractivity contribution in [3.8, 4) is 22.3 Å². The van der Waals surface area contributed by atoms with Crippen molar-refractivity contribution >= 4 is 0 Å². The first-order chi connectivity index (χ1) is 16.8. The first-order valence-corrected chi connectivity index (χ1v) is 14.2. The van der Waals surface area contributed by atoms with Crippen molar-refractivity contribution in [3.63, 3.8) is 0 Å². The van der Waals surface area contributed by atoms with E-state index in [9.17, 15) is 0 Å². The van der Waals surface area contributed by atoms with Crippen molar-refractivity contribution in [1.82, 2.24) is 0 Å². The average molecular weight is 608 g/mol. The molecule has 0 nitrogen and oxygen atoms in total. The Balaban J connectivity index is 0.00000481. The van der Waals surface area contributed by atoms with E-state index in [0.29, 0.717) is 35.5 Å². The number of benzene rings is 3. The topological polar surface area (TPSA) is 0 Å². The molecule has 0 aliphatic rings. The Hall–Kier alpha value is -1.65. The van der Waals surface area contributed by atoms with Gasteiger partial charge in [-0.25, -0.2) is 0 Å². The van der Waals surface area contributed by atoms with Crippen LogP contribution in [0, 0.1) is 20.9 Å². The molecule has 3 rings (SSSR count). The summed E-state index contributed by atoms with van der Waals surface area (Å²) in [5.41, 5.74) is 13.9. The molecule has 0 bridgehead atoms. The molecule has 39 heavy (non-hydrogen) atoms. The molecule has 0 saturated heterocycles. The van der Waals surface area contributed by atoms with Crippen LogP contribution >= 0.6 is 0 Å². The summed E-state index contributed by atoms with van der Waals surface area (Å²) in [6.45, 7) is 27.8. The smallest absolute Gasteiger partial charge is 0.358 e. The van der Waals surface area contributed by atoms with Crippen LogP contribution in [0.5, 0.6) is 0 Å². The molecule has 0 heterocycles. The van der Waals surface area contributed by atoms with Crippen molar-refractivity contribution in [2.75, 3.05) is 0 Å². The van der Waals surface area contributed by atoms with Gasteiger partial charge in [0.25, 0.3) is 0 Å². The molecule has 0 unspecified atom stereocenters. The maximum Gasteiger partial charge on any atom is 3.00 e. The second kappa shape index (κ2) is 15.4. The molecular weight excluding hydrogens is 552 g/mol. The molecule has 0 fully saturated rings. The van der Waals surface area contributed by atoms with Crippen molar-refractivity contribution < 1.29 is 21.1 Å². The van der Waals surface area contributed by atoms with Gasteiger partial charge in [-0.3, -0.25) is 0 Å². The quantitative estimate of drug-likeness (QED) is 0.177. The molecule has 0 aliphatic carbocycles. The van der Waals surface area contributed by atoms with Gasteiger partial charge < -0.3 is 14.9 Å². The minimum absolute atomic E-state index is 0. The Morgan fingerprint density at radius 2 is 0.692 bits per heavy atom.